The van der Waals surface area contributed by atoms with Crippen molar-refractivity contribution >= 4 is 35.0 Å². The number of fused-ring (bicyclic) bond motifs is 1. The zero-order valence-corrected chi connectivity index (χ0v) is 13.9. The summed E-state index contributed by atoms with van der Waals surface area (Å²) in [5.41, 5.74) is 2.04. The van der Waals surface area contributed by atoms with Gasteiger partial charge in [0.1, 0.15) is 0 Å². The second-order valence-corrected chi connectivity index (χ2v) is 5.84. The molecular formula is C14H20N2O2S2. The summed E-state index contributed by atoms with van der Waals surface area (Å²) in [6, 6.07) is 4.31. The number of H-pyrrole nitrogens is 1. The van der Waals surface area contributed by atoms with E-state index in [4.69, 9.17) is 21.7 Å². The van der Waals surface area contributed by atoms with E-state index < -0.39 is 0 Å². The van der Waals surface area contributed by atoms with E-state index in [1.54, 1.807) is 14.2 Å². The molecule has 2 rings (SSSR count). The van der Waals surface area contributed by atoms with Gasteiger partial charge in [0.05, 0.1) is 25.3 Å². The molecule has 0 aliphatic rings. The lowest BCUT2D eigenvalue weighted by atomic mass is 10.2. The molecule has 1 unspecified atom stereocenters. The van der Waals surface area contributed by atoms with Gasteiger partial charge >= 0.3 is 0 Å². The van der Waals surface area contributed by atoms with Crippen molar-refractivity contribution in [1.29, 1.82) is 0 Å². The Labute approximate surface area is 128 Å². The van der Waals surface area contributed by atoms with Crippen molar-refractivity contribution in [2.45, 2.75) is 19.4 Å². The molecule has 110 valence electrons. The minimum atomic E-state index is 0.379. The number of hydrogen-bond acceptors (Lipinski definition) is 4. The third-order valence-corrected chi connectivity index (χ3v) is 4.43. The summed E-state index contributed by atoms with van der Waals surface area (Å²) in [4.78, 5) is 3.26. The van der Waals surface area contributed by atoms with Gasteiger partial charge in [-0.1, -0.05) is 6.92 Å². The number of benzene rings is 1. The van der Waals surface area contributed by atoms with Gasteiger partial charge < -0.3 is 19.0 Å². The van der Waals surface area contributed by atoms with Crippen LogP contribution in [-0.2, 0) is 0 Å². The molecule has 0 aliphatic carbocycles. The van der Waals surface area contributed by atoms with Crippen molar-refractivity contribution in [2.75, 3.05) is 26.2 Å². The lowest BCUT2D eigenvalue weighted by molar-refractivity contribution is 0.355. The summed E-state index contributed by atoms with van der Waals surface area (Å²) in [6.07, 6.45) is 3.15. The smallest absolute Gasteiger partial charge is 0.178 e. The van der Waals surface area contributed by atoms with Gasteiger partial charge in [0.15, 0.2) is 16.3 Å². The highest BCUT2D eigenvalue weighted by Crippen LogP contribution is 2.33. The van der Waals surface area contributed by atoms with E-state index in [-0.39, 0.29) is 0 Å². The third kappa shape index (κ3) is 2.67. The number of nitrogens with zero attached hydrogens (tertiary/aromatic N) is 1. The topological polar surface area (TPSA) is 39.2 Å². The summed E-state index contributed by atoms with van der Waals surface area (Å²) in [7, 11) is 3.28. The number of nitrogens with one attached hydrogen (secondary N) is 1. The highest BCUT2D eigenvalue weighted by Gasteiger charge is 2.16. The summed E-state index contributed by atoms with van der Waals surface area (Å²) >= 11 is 7.32. The van der Waals surface area contributed by atoms with E-state index in [0.717, 1.165) is 33.7 Å². The molecule has 1 atom stereocenters. The average Bonchev–Trinajstić information content (AvgIpc) is 2.78. The van der Waals surface area contributed by atoms with Crippen molar-refractivity contribution in [2.24, 2.45) is 0 Å². The van der Waals surface area contributed by atoms with Crippen LogP contribution in [0, 0.1) is 4.77 Å². The molecule has 1 N–H and O–H groups in total. The fourth-order valence-corrected chi connectivity index (χ4v) is 3.51. The SMILES string of the molecule is CCC(CSC)n1c(=S)[nH]c2cc(OC)c(OC)cc21. The van der Waals surface area contributed by atoms with Crippen LogP contribution < -0.4 is 9.47 Å². The Bertz CT molecular complexity index is 648. The summed E-state index contributed by atoms with van der Waals surface area (Å²) in [5, 5.41) is 0. The summed E-state index contributed by atoms with van der Waals surface area (Å²) in [6.45, 7) is 2.18. The maximum absolute atomic E-state index is 5.49. The molecule has 0 saturated heterocycles. The summed E-state index contributed by atoms with van der Waals surface area (Å²) in [5.74, 6) is 2.47. The monoisotopic (exact) mass is 312 g/mol. The minimum Gasteiger partial charge on any atom is -0.493 e. The van der Waals surface area contributed by atoms with Gasteiger partial charge in [-0.2, -0.15) is 11.8 Å². The quantitative estimate of drug-likeness (QED) is 0.817. The molecule has 2 aromatic rings. The highest BCUT2D eigenvalue weighted by molar-refractivity contribution is 7.98. The Morgan fingerprint density at radius 1 is 1.30 bits per heavy atom. The Morgan fingerprint density at radius 2 is 1.95 bits per heavy atom. The zero-order valence-electron chi connectivity index (χ0n) is 12.2. The highest BCUT2D eigenvalue weighted by atomic mass is 32.2. The number of methoxy groups -OCH3 is 2. The number of aromatic nitrogens is 2. The molecule has 1 aromatic heterocycles. The lowest BCUT2D eigenvalue weighted by Gasteiger charge is -2.17. The molecule has 1 aromatic carbocycles. The van der Waals surface area contributed by atoms with Gasteiger partial charge in [0, 0.05) is 23.9 Å². The van der Waals surface area contributed by atoms with Crippen LogP contribution in [0.2, 0.25) is 0 Å². The molecule has 4 nitrogen and oxygen atoms in total. The van der Waals surface area contributed by atoms with Crippen LogP contribution in [0.15, 0.2) is 12.1 Å². The molecule has 0 fully saturated rings. The minimum absolute atomic E-state index is 0.379. The van der Waals surface area contributed by atoms with E-state index in [0.29, 0.717) is 11.8 Å². The first-order valence-electron chi connectivity index (χ1n) is 6.51. The normalized spacial score (nSPS) is 12.6. The van der Waals surface area contributed by atoms with E-state index >= 15 is 0 Å². The molecule has 0 amide bonds. The first kappa shape index (κ1) is 15.3. The number of aromatic amines is 1. The van der Waals surface area contributed by atoms with Crippen LogP contribution >= 0.6 is 24.0 Å². The Kier molecular flexibility index (Phi) is 4.99. The fourth-order valence-electron chi connectivity index (χ4n) is 2.38. The van der Waals surface area contributed by atoms with Crippen molar-refractivity contribution in [3.8, 4) is 11.5 Å². The maximum atomic E-state index is 5.49. The standard InChI is InChI=1S/C14H20N2O2S2/c1-5-9(8-20-4)16-11-7-13(18-3)12(17-2)6-10(11)15-14(16)19/h6-7,9H,5,8H2,1-4H3,(H,15,19). The first-order chi connectivity index (χ1) is 9.65. The van der Waals surface area contributed by atoms with Crippen molar-refractivity contribution in [3.05, 3.63) is 16.9 Å². The van der Waals surface area contributed by atoms with E-state index in [1.807, 2.05) is 23.9 Å². The molecule has 20 heavy (non-hydrogen) atoms. The first-order valence-corrected chi connectivity index (χ1v) is 8.31. The van der Waals surface area contributed by atoms with Crippen LogP contribution in [0.3, 0.4) is 0 Å². The average molecular weight is 312 g/mol. The van der Waals surface area contributed by atoms with Gasteiger partial charge in [-0.15, -0.1) is 0 Å². The Balaban J connectivity index is 2.66. The van der Waals surface area contributed by atoms with E-state index in [9.17, 15) is 0 Å². The molecule has 0 radical (unpaired) electrons. The number of hydrogen-bond donors (Lipinski definition) is 1. The molecule has 1 heterocycles. The van der Waals surface area contributed by atoms with E-state index in [2.05, 4.69) is 22.7 Å². The maximum Gasteiger partial charge on any atom is 0.178 e. The van der Waals surface area contributed by atoms with Gasteiger partial charge in [-0.05, 0) is 24.9 Å². The second kappa shape index (κ2) is 6.54. The van der Waals surface area contributed by atoms with Crippen LogP contribution in [0.1, 0.15) is 19.4 Å². The van der Waals surface area contributed by atoms with E-state index in [1.165, 1.54) is 0 Å². The molecule has 0 saturated carbocycles. The van der Waals surface area contributed by atoms with Gasteiger partial charge in [0.25, 0.3) is 0 Å². The molecule has 0 bridgehead atoms. The Morgan fingerprint density at radius 3 is 2.50 bits per heavy atom. The lowest BCUT2D eigenvalue weighted by Crippen LogP contribution is -2.10. The fraction of sp³-hybridized carbons (Fsp3) is 0.500. The number of imidazole rings is 1. The van der Waals surface area contributed by atoms with Gasteiger partial charge in [-0.25, -0.2) is 0 Å². The zero-order chi connectivity index (χ0) is 14.7. The van der Waals surface area contributed by atoms with Crippen molar-refractivity contribution in [3.63, 3.8) is 0 Å². The molecule has 0 spiro atoms. The van der Waals surface area contributed by atoms with Gasteiger partial charge in [0.2, 0.25) is 0 Å². The van der Waals surface area contributed by atoms with Crippen LogP contribution in [0.25, 0.3) is 11.0 Å². The third-order valence-electron chi connectivity index (χ3n) is 3.42. The predicted molar refractivity (Wildman–Crippen MR) is 87.9 cm³/mol. The largest absolute Gasteiger partial charge is 0.493 e. The van der Waals surface area contributed by atoms with Crippen molar-refractivity contribution in [1.82, 2.24) is 9.55 Å². The Hall–Kier alpha value is -1.14. The van der Waals surface area contributed by atoms with Gasteiger partial charge in [-0.3, -0.25) is 0 Å². The number of thioether (sulfide) groups is 1. The molecule has 6 heteroatoms. The van der Waals surface area contributed by atoms with Crippen LogP contribution in [-0.4, -0.2) is 35.8 Å². The number of rotatable bonds is 6. The predicted octanol–water partition coefficient (Wildman–Crippen LogP) is 4.03. The molecular weight excluding hydrogens is 292 g/mol. The molecule has 0 aliphatic heterocycles. The summed E-state index contributed by atoms with van der Waals surface area (Å²) < 4.78 is 13.7. The van der Waals surface area contributed by atoms with Crippen LogP contribution in [0.5, 0.6) is 11.5 Å². The van der Waals surface area contributed by atoms with Crippen LogP contribution in [0.4, 0.5) is 0 Å². The van der Waals surface area contributed by atoms with Crippen molar-refractivity contribution < 1.29 is 9.47 Å². The number of ether oxygens (including phenoxy) is 2. The second-order valence-electron chi connectivity index (χ2n) is 4.54.